The zero-order valence-electron chi connectivity index (χ0n) is 11.3. The highest BCUT2D eigenvalue weighted by molar-refractivity contribution is 5.88. The second-order valence-electron chi connectivity index (χ2n) is 7.34. The molecule has 0 saturated heterocycles. The van der Waals surface area contributed by atoms with Crippen LogP contribution in [0.4, 0.5) is 0 Å². The Morgan fingerprint density at radius 3 is 2.72 bits per heavy atom. The van der Waals surface area contributed by atoms with E-state index in [9.17, 15) is 15.0 Å². The summed E-state index contributed by atoms with van der Waals surface area (Å²) in [5, 5.41) is 19.6. The van der Waals surface area contributed by atoms with Crippen molar-refractivity contribution in [3.8, 4) is 0 Å². The molecule has 0 aliphatic heterocycles. The largest absolute Gasteiger partial charge is 0.478 e. The molecular weight excluding hydrogens is 228 g/mol. The van der Waals surface area contributed by atoms with Crippen LogP contribution in [-0.2, 0) is 4.79 Å². The maximum Gasteiger partial charge on any atom is 0.331 e. The van der Waals surface area contributed by atoms with E-state index in [4.69, 9.17) is 0 Å². The van der Waals surface area contributed by atoms with Crippen molar-refractivity contribution in [2.75, 3.05) is 0 Å². The van der Waals surface area contributed by atoms with E-state index in [1.54, 1.807) is 0 Å². The highest BCUT2D eigenvalue weighted by atomic mass is 16.4. The number of carbonyl (C=O) groups is 1. The fourth-order valence-electron chi connectivity index (χ4n) is 5.22. The van der Waals surface area contributed by atoms with Gasteiger partial charge in [0, 0.05) is 5.57 Å². The van der Waals surface area contributed by atoms with Crippen molar-refractivity contribution in [3.05, 3.63) is 11.6 Å². The predicted molar refractivity (Wildman–Crippen MR) is 67.9 cm³/mol. The van der Waals surface area contributed by atoms with Crippen LogP contribution >= 0.6 is 0 Å². The molecule has 0 aromatic rings. The molecule has 0 aromatic carbocycles. The van der Waals surface area contributed by atoms with Gasteiger partial charge in [-0.1, -0.05) is 26.8 Å². The topological polar surface area (TPSA) is 57.5 Å². The lowest BCUT2D eigenvalue weighted by Gasteiger charge is -2.36. The van der Waals surface area contributed by atoms with Crippen LogP contribution in [0.3, 0.4) is 0 Å². The fourth-order valence-corrected chi connectivity index (χ4v) is 5.22. The summed E-state index contributed by atoms with van der Waals surface area (Å²) in [4.78, 5) is 11.4. The molecule has 3 unspecified atom stereocenters. The number of aliphatic hydroxyl groups excluding tert-OH is 1. The molecule has 0 aromatic heterocycles. The number of hydrogen-bond donors (Lipinski definition) is 2. The first kappa shape index (κ1) is 12.2. The van der Waals surface area contributed by atoms with Crippen molar-refractivity contribution >= 4 is 5.97 Å². The van der Waals surface area contributed by atoms with Gasteiger partial charge in [-0.3, -0.25) is 0 Å². The second-order valence-corrected chi connectivity index (χ2v) is 7.34. The molecule has 2 saturated carbocycles. The van der Waals surface area contributed by atoms with Gasteiger partial charge in [0.05, 0.1) is 6.10 Å². The van der Waals surface area contributed by atoms with E-state index in [1.165, 1.54) is 0 Å². The van der Waals surface area contributed by atoms with Crippen LogP contribution in [-0.4, -0.2) is 22.3 Å². The Labute approximate surface area is 108 Å². The number of carboxylic acid groups (broad SMARTS) is 1. The number of aliphatic hydroxyl groups is 1. The van der Waals surface area contributed by atoms with E-state index >= 15 is 0 Å². The summed E-state index contributed by atoms with van der Waals surface area (Å²) in [5.41, 5.74) is 0.845. The zero-order chi connectivity index (χ0) is 13.3. The summed E-state index contributed by atoms with van der Waals surface area (Å²) in [6.07, 6.45) is 4.39. The molecule has 0 radical (unpaired) electrons. The maximum atomic E-state index is 11.4. The Bertz CT molecular complexity index is 437. The van der Waals surface area contributed by atoms with E-state index in [1.807, 2.05) is 6.08 Å². The van der Waals surface area contributed by atoms with Crippen molar-refractivity contribution in [1.82, 2.24) is 0 Å². The minimum Gasteiger partial charge on any atom is -0.478 e. The van der Waals surface area contributed by atoms with E-state index in [-0.39, 0.29) is 28.8 Å². The minimum atomic E-state index is -0.784. The van der Waals surface area contributed by atoms with E-state index in [0.29, 0.717) is 17.9 Å². The molecule has 3 heteroatoms. The fraction of sp³-hybridized carbons (Fsp3) is 0.800. The molecule has 0 bridgehead atoms. The molecule has 1 spiro atoms. The summed E-state index contributed by atoms with van der Waals surface area (Å²) in [6.45, 7) is 6.64. The molecule has 2 fully saturated rings. The smallest absolute Gasteiger partial charge is 0.331 e. The second kappa shape index (κ2) is 3.38. The Morgan fingerprint density at radius 2 is 2.11 bits per heavy atom. The molecule has 0 heterocycles. The number of rotatable bonds is 1. The molecule has 100 valence electrons. The number of hydrogen-bond acceptors (Lipinski definition) is 2. The third-order valence-electron chi connectivity index (χ3n) is 5.80. The summed E-state index contributed by atoms with van der Waals surface area (Å²) in [5.74, 6) is -0.169. The van der Waals surface area contributed by atoms with Crippen LogP contribution < -0.4 is 0 Å². The quantitative estimate of drug-likeness (QED) is 0.751. The van der Waals surface area contributed by atoms with Gasteiger partial charge in [-0.05, 0) is 47.8 Å². The third kappa shape index (κ3) is 1.31. The summed E-state index contributed by atoms with van der Waals surface area (Å²) in [6, 6.07) is 0. The standard InChI is InChI=1S/C15H22O3/c1-8-12(16)5-11-10(13(17)18)4-9-6-14(2,3)7-15(8,9)11/h4,8-9,11-12,16H,5-7H2,1-3H3,(H,17,18)/t8-,9?,11?,12-,15?/m1/s1. The van der Waals surface area contributed by atoms with Gasteiger partial charge in [0.2, 0.25) is 0 Å². The van der Waals surface area contributed by atoms with Gasteiger partial charge in [-0.15, -0.1) is 0 Å². The van der Waals surface area contributed by atoms with Gasteiger partial charge in [-0.25, -0.2) is 4.79 Å². The van der Waals surface area contributed by atoms with Crippen molar-refractivity contribution < 1.29 is 15.0 Å². The summed E-state index contributed by atoms with van der Waals surface area (Å²) < 4.78 is 0. The van der Waals surface area contributed by atoms with Gasteiger partial charge in [0.15, 0.2) is 0 Å². The monoisotopic (exact) mass is 250 g/mol. The molecule has 18 heavy (non-hydrogen) atoms. The van der Waals surface area contributed by atoms with Crippen LogP contribution in [0.15, 0.2) is 11.6 Å². The van der Waals surface area contributed by atoms with E-state index in [0.717, 1.165) is 12.8 Å². The summed E-state index contributed by atoms with van der Waals surface area (Å²) in [7, 11) is 0. The molecule has 5 atom stereocenters. The van der Waals surface area contributed by atoms with Gasteiger partial charge < -0.3 is 10.2 Å². The van der Waals surface area contributed by atoms with Gasteiger partial charge in [0.25, 0.3) is 0 Å². The number of carboxylic acids is 1. The van der Waals surface area contributed by atoms with Crippen molar-refractivity contribution in [1.29, 1.82) is 0 Å². The maximum absolute atomic E-state index is 11.4. The van der Waals surface area contributed by atoms with Crippen LogP contribution in [0.1, 0.15) is 40.0 Å². The third-order valence-corrected chi connectivity index (χ3v) is 5.80. The SMILES string of the molecule is C[C@@H]1[C@H](O)CC2C(C(=O)O)=CC3CC(C)(C)CC321. The van der Waals surface area contributed by atoms with Crippen LogP contribution in [0.5, 0.6) is 0 Å². The molecular formula is C15H22O3. The lowest BCUT2D eigenvalue weighted by molar-refractivity contribution is -0.133. The predicted octanol–water partition coefficient (Wildman–Crippen LogP) is 2.45. The minimum absolute atomic E-state index is 0.0106. The lowest BCUT2D eigenvalue weighted by atomic mass is 9.67. The van der Waals surface area contributed by atoms with Crippen LogP contribution in [0.2, 0.25) is 0 Å². The molecule has 3 rings (SSSR count). The van der Waals surface area contributed by atoms with Gasteiger partial charge in [-0.2, -0.15) is 0 Å². The highest BCUT2D eigenvalue weighted by Crippen LogP contribution is 2.70. The molecule has 3 aliphatic rings. The molecule has 0 amide bonds. The van der Waals surface area contributed by atoms with Gasteiger partial charge in [0.1, 0.15) is 0 Å². The lowest BCUT2D eigenvalue weighted by Crippen LogP contribution is -2.34. The Morgan fingerprint density at radius 1 is 1.44 bits per heavy atom. The molecule has 3 aliphatic carbocycles. The Hall–Kier alpha value is -0.830. The van der Waals surface area contributed by atoms with Crippen LogP contribution in [0.25, 0.3) is 0 Å². The van der Waals surface area contributed by atoms with E-state index < -0.39 is 5.97 Å². The summed E-state index contributed by atoms with van der Waals surface area (Å²) >= 11 is 0. The first-order valence-electron chi connectivity index (χ1n) is 6.91. The highest BCUT2D eigenvalue weighted by Gasteiger charge is 2.65. The van der Waals surface area contributed by atoms with Crippen molar-refractivity contribution in [2.45, 2.75) is 46.1 Å². The Kier molecular flexibility index (Phi) is 2.30. The average molecular weight is 250 g/mol. The zero-order valence-corrected chi connectivity index (χ0v) is 11.3. The first-order chi connectivity index (χ1) is 8.28. The van der Waals surface area contributed by atoms with E-state index in [2.05, 4.69) is 20.8 Å². The number of aliphatic carboxylic acids is 1. The number of allylic oxidation sites excluding steroid dienone is 1. The van der Waals surface area contributed by atoms with Gasteiger partial charge >= 0.3 is 5.97 Å². The molecule has 2 N–H and O–H groups in total. The van der Waals surface area contributed by atoms with Crippen molar-refractivity contribution in [3.63, 3.8) is 0 Å². The average Bonchev–Trinajstić information content (AvgIpc) is 2.74. The van der Waals surface area contributed by atoms with Crippen molar-refractivity contribution in [2.24, 2.45) is 28.6 Å². The Balaban J connectivity index is 2.08. The van der Waals surface area contributed by atoms with Crippen LogP contribution in [0, 0.1) is 28.6 Å². The first-order valence-corrected chi connectivity index (χ1v) is 6.91. The molecule has 3 nitrogen and oxygen atoms in total. The normalized spacial score (nSPS) is 48.8.